The Bertz CT molecular complexity index is 352. The number of carbonyl (C=O) groups excluding carboxylic acids is 1. The van der Waals surface area contributed by atoms with Gasteiger partial charge in [0.05, 0.1) is 6.42 Å². The minimum absolute atomic E-state index is 0.00894. The lowest BCUT2D eigenvalue weighted by Gasteiger charge is -2.16. The second-order valence-electron chi connectivity index (χ2n) is 3.79. The maximum atomic E-state index is 11.3. The number of nitrogens with two attached hydrogens (primary N) is 1. The lowest BCUT2D eigenvalue weighted by Crippen LogP contribution is -2.26. The summed E-state index contributed by atoms with van der Waals surface area (Å²) in [7, 11) is 1.64. The number of rotatable bonds is 5. The van der Waals surface area contributed by atoms with Crippen molar-refractivity contribution < 1.29 is 4.79 Å². The fourth-order valence-corrected chi connectivity index (χ4v) is 1.40. The first kappa shape index (κ1) is 12.5. The molecule has 4 nitrogen and oxygen atoms in total. The summed E-state index contributed by atoms with van der Waals surface area (Å²) in [4.78, 5) is 11.3. The van der Waals surface area contributed by atoms with Crippen LogP contribution in [0, 0.1) is 0 Å². The lowest BCUT2D eigenvalue weighted by molar-refractivity contribution is -0.119. The fraction of sp³-hybridized carbons (Fsp3) is 0.417. The van der Waals surface area contributed by atoms with Crippen molar-refractivity contribution in [1.29, 1.82) is 0 Å². The van der Waals surface area contributed by atoms with Crippen LogP contribution in [-0.4, -0.2) is 25.5 Å². The highest BCUT2D eigenvalue weighted by atomic mass is 16.1. The van der Waals surface area contributed by atoms with Gasteiger partial charge in [0.15, 0.2) is 0 Å². The fourth-order valence-electron chi connectivity index (χ4n) is 1.40. The molecule has 0 heterocycles. The van der Waals surface area contributed by atoms with Crippen LogP contribution in [-0.2, 0) is 11.2 Å². The number of amides is 1. The Morgan fingerprint density at radius 1 is 1.44 bits per heavy atom. The number of likely N-dealkylation sites (N-methyl/N-ethyl adjacent to an activating group) is 1. The van der Waals surface area contributed by atoms with Crippen molar-refractivity contribution in [2.45, 2.75) is 19.4 Å². The van der Waals surface area contributed by atoms with Crippen molar-refractivity contribution in [1.82, 2.24) is 5.32 Å². The predicted octanol–water partition coefficient (Wildman–Crippen LogP) is 0.734. The highest BCUT2D eigenvalue weighted by Crippen LogP contribution is 2.16. The van der Waals surface area contributed by atoms with Gasteiger partial charge in [0.25, 0.3) is 0 Å². The zero-order chi connectivity index (χ0) is 12.0. The quantitative estimate of drug-likeness (QED) is 0.687. The van der Waals surface area contributed by atoms with Crippen LogP contribution in [0.25, 0.3) is 0 Å². The smallest absolute Gasteiger partial charge is 0.224 e. The number of hydrogen-bond donors (Lipinski definition) is 3. The molecule has 0 aliphatic heterocycles. The maximum absolute atomic E-state index is 11.3. The summed E-state index contributed by atoms with van der Waals surface area (Å²) >= 11 is 0. The van der Waals surface area contributed by atoms with E-state index in [2.05, 4.69) is 10.6 Å². The third-order valence-electron chi connectivity index (χ3n) is 2.40. The van der Waals surface area contributed by atoms with Crippen molar-refractivity contribution in [3.63, 3.8) is 0 Å². The maximum Gasteiger partial charge on any atom is 0.224 e. The molecule has 0 spiro atoms. The Morgan fingerprint density at radius 3 is 2.75 bits per heavy atom. The summed E-state index contributed by atoms with van der Waals surface area (Å²) < 4.78 is 0. The lowest BCUT2D eigenvalue weighted by atomic mass is 10.1. The van der Waals surface area contributed by atoms with E-state index in [0.717, 1.165) is 11.3 Å². The highest BCUT2D eigenvalue weighted by molar-refractivity contribution is 5.80. The molecular weight excluding hydrogens is 202 g/mol. The molecule has 1 rings (SSSR count). The molecule has 0 saturated carbocycles. The second kappa shape index (κ2) is 6.12. The van der Waals surface area contributed by atoms with Gasteiger partial charge in [0, 0.05) is 25.3 Å². The monoisotopic (exact) mass is 221 g/mol. The standard InChI is InChI=1S/C12H19N3O/c1-9(8-13)15-11-6-4-3-5-10(11)7-12(16)14-2/h3-6,9,15H,7-8,13H2,1-2H3,(H,14,16). The van der Waals surface area contributed by atoms with Gasteiger partial charge in [-0.05, 0) is 18.6 Å². The van der Waals surface area contributed by atoms with E-state index in [1.165, 1.54) is 0 Å². The van der Waals surface area contributed by atoms with Crippen LogP contribution >= 0.6 is 0 Å². The van der Waals surface area contributed by atoms with Crippen molar-refractivity contribution >= 4 is 11.6 Å². The van der Waals surface area contributed by atoms with Gasteiger partial charge in [0.1, 0.15) is 0 Å². The Morgan fingerprint density at radius 2 is 2.12 bits per heavy atom. The van der Waals surface area contributed by atoms with Crippen LogP contribution in [0.15, 0.2) is 24.3 Å². The molecule has 88 valence electrons. The van der Waals surface area contributed by atoms with Gasteiger partial charge in [-0.3, -0.25) is 4.79 Å². The van der Waals surface area contributed by atoms with E-state index >= 15 is 0 Å². The Balaban J connectivity index is 2.79. The number of anilines is 1. The van der Waals surface area contributed by atoms with E-state index in [-0.39, 0.29) is 11.9 Å². The first-order chi connectivity index (χ1) is 7.67. The van der Waals surface area contributed by atoms with Gasteiger partial charge < -0.3 is 16.4 Å². The van der Waals surface area contributed by atoms with Gasteiger partial charge in [-0.25, -0.2) is 0 Å². The molecule has 1 atom stereocenters. The predicted molar refractivity (Wildman–Crippen MR) is 66.4 cm³/mol. The van der Waals surface area contributed by atoms with Gasteiger partial charge in [-0.15, -0.1) is 0 Å². The summed E-state index contributed by atoms with van der Waals surface area (Å²) in [5, 5.41) is 5.90. The van der Waals surface area contributed by atoms with E-state index in [1.807, 2.05) is 31.2 Å². The molecule has 1 aromatic carbocycles. The number of para-hydroxylation sites is 1. The molecule has 0 fully saturated rings. The summed E-state index contributed by atoms with van der Waals surface area (Å²) in [5.41, 5.74) is 7.52. The van der Waals surface area contributed by atoms with E-state index < -0.39 is 0 Å². The Hall–Kier alpha value is -1.55. The van der Waals surface area contributed by atoms with Crippen molar-refractivity contribution in [3.8, 4) is 0 Å². The molecule has 4 heteroatoms. The van der Waals surface area contributed by atoms with Crippen LogP contribution in [0.3, 0.4) is 0 Å². The number of carbonyl (C=O) groups is 1. The average molecular weight is 221 g/mol. The molecule has 0 aliphatic carbocycles. The second-order valence-corrected chi connectivity index (χ2v) is 3.79. The number of hydrogen-bond acceptors (Lipinski definition) is 3. The normalized spacial score (nSPS) is 11.9. The first-order valence-corrected chi connectivity index (χ1v) is 5.42. The van der Waals surface area contributed by atoms with Crippen molar-refractivity contribution in [3.05, 3.63) is 29.8 Å². The van der Waals surface area contributed by atoms with Crippen LogP contribution < -0.4 is 16.4 Å². The molecule has 1 unspecified atom stereocenters. The van der Waals surface area contributed by atoms with E-state index in [4.69, 9.17) is 5.73 Å². The molecule has 4 N–H and O–H groups in total. The van der Waals surface area contributed by atoms with Gasteiger partial charge >= 0.3 is 0 Å². The Kier molecular flexibility index (Phi) is 4.79. The molecule has 0 radical (unpaired) electrons. The molecule has 0 bridgehead atoms. The van der Waals surface area contributed by atoms with Gasteiger partial charge in [-0.2, -0.15) is 0 Å². The van der Waals surface area contributed by atoms with E-state index in [9.17, 15) is 4.79 Å². The summed E-state index contributed by atoms with van der Waals surface area (Å²) in [6, 6.07) is 7.98. The SMILES string of the molecule is CNC(=O)Cc1ccccc1NC(C)CN. The largest absolute Gasteiger partial charge is 0.381 e. The van der Waals surface area contributed by atoms with Crippen molar-refractivity contribution in [2.24, 2.45) is 5.73 Å². The molecule has 1 aromatic rings. The topological polar surface area (TPSA) is 67.2 Å². The minimum Gasteiger partial charge on any atom is -0.381 e. The number of benzene rings is 1. The van der Waals surface area contributed by atoms with Gasteiger partial charge in [0.2, 0.25) is 5.91 Å². The summed E-state index contributed by atoms with van der Waals surface area (Å²) in [6.45, 7) is 2.57. The summed E-state index contributed by atoms with van der Waals surface area (Å²) in [6.07, 6.45) is 0.386. The molecular formula is C12H19N3O. The zero-order valence-corrected chi connectivity index (χ0v) is 9.79. The van der Waals surface area contributed by atoms with Crippen LogP contribution in [0.2, 0.25) is 0 Å². The van der Waals surface area contributed by atoms with Crippen LogP contribution in [0.4, 0.5) is 5.69 Å². The zero-order valence-electron chi connectivity index (χ0n) is 9.79. The minimum atomic E-state index is 0.00894. The molecule has 0 saturated heterocycles. The summed E-state index contributed by atoms with van der Waals surface area (Å²) in [5.74, 6) is 0.00894. The van der Waals surface area contributed by atoms with Crippen LogP contribution in [0.1, 0.15) is 12.5 Å². The van der Waals surface area contributed by atoms with E-state index in [0.29, 0.717) is 13.0 Å². The van der Waals surface area contributed by atoms with Gasteiger partial charge in [-0.1, -0.05) is 18.2 Å². The van der Waals surface area contributed by atoms with Crippen molar-refractivity contribution in [2.75, 3.05) is 18.9 Å². The van der Waals surface area contributed by atoms with Crippen LogP contribution in [0.5, 0.6) is 0 Å². The third kappa shape index (κ3) is 3.55. The Labute approximate surface area is 96.2 Å². The first-order valence-electron chi connectivity index (χ1n) is 5.42. The molecule has 16 heavy (non-hydrogen) atoms. The third-order valence-corrected chi connectivity index (χ3v) is 2.40. The molecule has 0 aliphatic rings. The van der Waals surface area contributed by atoms with E-state index in [1.54, 1.807) is 7.05 Å². The number of nitrogens with one attached hydrogen (secondary N) is 2. The molecule has 0 aromatic heterocycles. The highest BCUT2D eigenvalue weighted by Gasteiger charge is 2.07. The average Bonchev–Trinajstić information content (AvgIpc) is 2.31. The molecule has 1 amide bonds.